The highest BCUT2D eigenvalue weighted by Gasteiger charge is 2.40. The van der Waals surface area contributed by atoms with Gasteiger partial charge in [0.2, 0.25) is 12.0 Å². The van der Waals surface area contributed by atoms with Crippen LogP contribution in [-0.2, 0) is 15.1 Å². The van der Waals surface area contributed by atoms with Crippen molar-refractivity contribution in [3.05, 3.63) is 22.7 Å². The summed E-state index contributed by atoms with van der Waals surface area (Å²) >= 11 is 6.24. The maximum atomic E-state index is 11.3. The Bertz CT molecular complexity index is 588. The number of aliphatic imine (C=N–C) groups is 1. The van der Waals surface area contributed by atoms with E-state index in [0.29, 0.717) is 23.4 Å². The third-order valence-electron chi connectivity index (χ3n) is 3.59. The van der Waals surface area contributed by atoms with Crippen LogP contribution in [-0.4, -0.2) is 17.1 Å². The Kier molecular flexibility index (Phi) is 4.12. The van der Waals surface area contributed by atoms with Crippen LogP contribution in [0, 0.1) is 0 Å². The highest BCUT2D eigenvalue weighted by molar-refractivity contribution is 6.32. The van der Waals surface area contributed by atoms with Crippen LogP contribution in [0.2, 0.25) is 5.02 Å². The third kappa shape index (κ3) is 2.55. The van der Waals surface area contributed by atoms with Crippen molar-refractivity contribution in [3.8, 4) is 5.75 Å². The van der Waals surface area contributed by atoms with Gasteiger partial charge in [-0.25, -0.2) is 4.79 Å². The molecule has 0 aliphatic heterocycles. The summed E-state index contributed by atoms with van der Waals surface area (Å²) in [6, 6.07) is 2.95. The van der Waals surface area contributed by atoms with Crippen molar-refractivity contribution >= 4 is 29.3 Å². The molecule has 0 heterocycles. The molecule has 1 aromatic rings. The molecule has 1 aromatic carbocycles. The largest absolute Gasteiger partial charge is 0.506 e. The zero-order chi connectivity index (χ0) is 14.8. The van der Waals surface area contributed by atoms with Gasteiger partial charge in [0, 0.05) is 17.5 Å². The number of phenolic OH excluding ortho intramolecular Hbond substituents is 1. The maximum absolute atomic E-state index is 11.3. The highest BCUT2D eigenvalue weighted by atomic mass is 35.5. The van der Waals surface area contributed by atoms with Crippen molar-refractivity contribution in [2.75, 3.05) is 5.32 Å². The molecule has 0 radical (unpaired) electrons. The third-order valence-corrected chi connectivity index (χ3v) is 3.90. The molecule has 0 atom stereocenters. The average molecular weight is 295 g/mol. The number of anilines is 1. The molecule has 20 heavy (non-hydrogen) atoms. The number of aromatic hydroxyl groups is 1. The van der Waals surface area contributed by atoms with Gasteiger partial charge < -0.3 is 10.4 Å². The second-order valence-corrected chi connectivity index (χ2v) is 5.35. The van der Waals surface area contributed by atoms with Crippen LogP contribution in [0.4, 0.5) is 5.69 Å². The van der Waals surface area contributed by atoms with E-state index >= 15 is 0 Å². The number of hydrogen-bond acceptors (Lipinski definition) is 4. The standard InChI is InChI=1S/C14H15ClN2O3/c1-9(19)17-13-11(20)5-4-10(15)12(13)14(16-8-18)6-2-3-7-14/h4-5,20H,2-3,6-7H2,1H3,(H,17,19). The van der Waals surface area contributed by atoms with Crippen molar-refractivity contribution in [1.29, 1.82) is 0 Å². The lowest BCUT2D eigenvalue weighted by Gasteiger charge is -2.27. The molecular formula is C14H15ClN2O3. The first-order valence-corrected chi connectivity index (χ1v) is 6.76. The first-order chi connectivity index (χ1) is 9.50. The predicted octanol–water partition coefficient (Wildman–Crippen LogP) is 3.11. The van der Waals surface area contributed by atoms with Crippen molar-refractivity contribution in [1.82, 2.24) is 0 Å². The zero-order valence-corrected chi connectivity index (χ0v) is 11.8. The molecule has 0 spiro atoms. The molecule has 0 unspecified atom stereocenters. The summed E-state index contributed by atoms with van der Waals surface area (Å²) in [6.45, 7) is 1.34. The van der Waals surface area contributed by atoms with E-state index in [1.807, 2.05) is 0 Å². The number of nitrogens with one attached hydrogen (secondary N) is 1. The van der Waals surface area contributed by atoms with Gasteiger partial charge in [0.1, 0.15) is 11.3 Å². The molecular weight excluding hydrogens is 280 g/mol. The van der Waals surface area contributed by atoms with Crippen LogP contribution in [0.5, 0.6) is 5.75 Å². The summed E-state index contributed by atoms with van der Waals surface area (Å²) in [5.74, 6) is -0.418. The van der Waals surface area contributed by atoms with Crippen molar-refractivity contribution in [2.45, 2.75) is 38.1 Å². The van der Waals surface area contributed by atoms with Gasteiger partial charge in [0.25, 0.3) is 0 Å². The first kappa shape index (κ1) is 14.6. The molecule has 0 saturated heterocycles. The molecule has 2 N–H and O–H groups in total. The quantitative estimate of drug-likeness (QED) is 0.511. The van der Waals surface area contributed by atoms with E-state index in [9.17, 15) is 14.7 Å². The minimum atomic E-state index is -0.810. The number of halogens is 1. The lowest BCUT2D eigenvalue weighted by molar-refractivity contribution is -0.114. The smallest absolute Gasteiger partial charge is 0.235 e. The first-order valence-electron chi connectivity index (χ1n) is 6.39. The monoisotopic (exact) mass is 294 g/mol. The lowest BCUT2D eigenvalue weighted by Crippen LogP contribution is -2.23. The van der Waals surface area contributed by atoms with Crippen LogP contribution in [0.3, 0.4) is 0 Å². The van der Waals surface area contributed by atoms with Crippen LogP contribution in [0.1, 0.15) is 38.2 Å². The highest BCUT2D eigenvalue weighted by Crippen LogP contribution is 2.49. The number of benzene rings is 1. The number of carbonyl (C=O) groups excluding carboxylic acids is 2. The molecule has 1 saturated carbocycles. The Balaban J connectivity index is 2.67. The number of phenols is 1. The van der Waals surface area contributed by atoms with E-state index in [1.54, 1.807) is 6.08 Å². The fourth-order valence-corrected chi connectivity index (χ4v) is 3.12. The molecule has 5 nitrogen and oxygen atoms in total. The molecule has 0 aromatic heterocycles. The van der Waals surface area contributed by atoms with Crippen LogP contribution in [0.25, 0.3) is 0 Å². The average Bonchev–Trinajstić information content (AvgIpc) is 2.83. The molecule has 6 heteroatoms. The van der Waals surface area contributed by atoms with E-state index in [2.05, 4.69) is 10.3 Å². The second-order valence-electron chi connectivity index (χ2n) is 4.94. The summed E-state index contributed by atoms with van der Waals surface area (Å²) in [6.07, 6.45) is 4.67. The fourth-order valence-electron chi connectivity index (χ4n) is 2.79. The summed E-state index contributed by atoms with van der Waals surface area (Å²) in [4.78, 5) is 26.1. The number of nitrogens with zero attached hydrogens (tertiary/aromatic N) is 1. The maximum Gasteiger partial charge on any atom is 0.235 e. The van der Waals surface area contributed by atoms with Crippen LogP contribution < -0.4 is 5.32 Å². The van der Waals surface area contributed by atoms with Gasteiger partial charge in [0.05, 0.1) is 5.69 Å². The van der Waals surface area contributed by atoms with Crippen molar-refractivity contribution < 1.29 is 14.7 Å². The van der Waals surface area contributed by atoms with Gasteiger partial charge in [-0.1, -0.05) is 24.4 Å². The number of isocyanates is 1. The number of carbonyl (C=O) groups is 1. The van der Waals surface area contributed by atoms with Crippen LogP contribution >= 0.6 is 11.6 Å². The molecule has 1 amide bonds. The van der Waals surface area contributed by atoms with E-state index in [4.69, 9.17) is 11.6 Å². The zero-order valence-electron chi connectivity index (χ0n) is 11.1. The Morgan fingerprint density at radius 3 is 2.65 bits per heavy atom. The Hall–Kier alpha value is -1.84. The molecule has 1 fully saturated rings. The SMILES string of the molecule is CC(=O)Nc1c(O)ccc(Cl)c1C1(N=C=O)CCCC1. The summed E-state index contributed by atoms with van der Waals surface area (Å²) in [5.41, 5.74) is -0.0869. The number of rotatable bonds is 3. The molecule has 1 aliphatic carbocycles. The normalized spacial score (nSPS) is 16.5. The van der Waals surface area contributed by atoms with Gasteiger partial charge in [-0.05, 0) is 25.0 Å². The Morgan fingerprint density at radius 1 is 1.45 bits per heavy atom. The van der Waals surface area contributed by atoms with E-state index in [-0.39, 0.29) is 17.3 Å². The minimum absolute atomic E-state index is 0.0908. The van der Waals surface area contributed by atoms with Gasteiger partial charge in [-0.15, -0.1) is 0 Å². The summed E-state index contributed by atoms with van der Waals surface area (Å²) in [7, 11) is 0. The second kappa shape index (κ2) is 5.65. The lowest BCUT2D eigenvalue weighted by atomic mass is 9.87. The van der Waals surface area contributed by atoms with Gasteiger partial charge in [0.15, 0.2) is 0 Å². The van der Waals surface area contributed by atoms with E-state index in [0.717, 1.165) is 12.8 Å². The fraction of sp³-hybridized carbons (Fsp3) is 0.429. The summed E-state index contributed by atoms with van der Waals surface area (Å²) in [5, 5.41) is 12.9. The van der Waals surface area contributed by atoms with Crippen LogP contribution in [0.15, 0.2) is 17.1 Å². The summed E-state index contributed by atoms with van der Waals surface area (Å²) < 4.78 is 0. The molecule has 0 bridgehead atoms. The van der Waals surface area contributed by atoms with Gasteiger partial charge in [-0.2, -0.15) is 4.99 Å². The molecule has 2 rings (SSSR count). The van der Waals surface area contributed by atoms with Crippen molar-refractivity contribution in [3.63, 3.8) is 0 Å². The van der Waals surface area contributed by atoms with Crippen molar-refractivity contribution in [2.24, 2.45) is 4.99 Å². The Labute approximate surface area is 121 Å². The van der Waals surface area contributed by atoms with E-state index in [1.165, 1.54) is 19.1 Å². The Morgan fingerprint density at radius 2 is 2.10 bits per heavy atom. The minimum Gasteiger partial charge on any atom is -0.506 e. The van der Waals surface area contributed by atoms with E-state index < -0.39 is 5.54 Å². The topological polar surface area (TPSA) is 78.8 Å². The predicted molar refractivity (Wildman–Crippen MR) is 75.7 cm³/mol. The number of amides is 1. The number of hydrogen-bond donors (Lipinski definition) is 2. The molecule has 1 aliphatic rings. The van der Waals surface area contributed by atoms with Gasteiger partial charge >= 0.3 is 0 Å². The molecule has 106 valence electrons. The van der Waals surface area contributed by atoms with Gasteiger partial charge in [-0.3, -0.25) is 4.79 Å².